The van der Waals surface area contributed by atoms with E-state index in [0.717, 1.165) is 23.7 Å². The first-order valence-corrected chi connectivity index (χ1v) is 10.1. The maximum absolute atomic E-state index is 6.51. The highest BCUT2D eigenvalue weighted by Crippen LogP contribution is 2.66. The summed E-state index contributed by atoms with van der Waals surface area (Å²) < 4.78 is 5.89. The van der Waals surface area contributed by atoms with Crippen LogP contribution in [0.3, 0.4) is 0 Å². The quantitative estimate of drug-likeness (QED) is 0.566. The van der Waals surface area contributed by atoms with Gasteiger partial charge in [-0.25, -0.2) is 0 Å². The summed E-state index contributed by atoms with van der Waals surface area (Å²) in [5, 5.41) is 0.452. The Balaban J connectivity index is 1.61. The lowest BCUT2D eigenvalue weighted by atomic mass is 9.45. The second-order valence-electron chi connectivity index (χ2n) is 9.37. The van der Waals surface area contributed by atoms with Crippen molar-refractivity contribution in [3.8, 4) is 0 Å². The van der Waals surface area contributed by atoms with Crippen molar-refractivity contribution in [1.82, 2.24) is 0 Å². The average Bonchev–Trinajstić information content (AvgIpc) is 2.84. The molecule has 0 spiro atoms. The molecule has 0 heterocycles. The average molecular weight is 325 g/mol. The molecule has 4 aliphatic rings. The molecule has 0 aromatic heterocycles. The molecular weight excluding hydrogens is 292 g/mol. The molecule has 0 saturated heterocycles. The highest BCUT2D eigenvalue weighted by molar-refractivity contribution is 6.20. The van der Waals surface area contributed by atoms with Crippen molar-refractivity contribution in [3.05, 3.63) is 0 Å². The van der Waals surface area contributed by atoms with E-state index in [4.69, 9.17) is 16.3 Å². The summed E-state index contributed by atoms with van der Waals surface area (Å²) in [4.78, 5) is 0. The third kappa shape index (κ3) is 2.07. The van der Waals surface area contributed by atoms with Gasteiger partial charge in [0.1, 0.15) is 0 Å². The van der Waals surface area contributed by atoms with E-state index >= 15 is 0 Å². The smallest absolute Gasteiger partial charge is 0.0627 e. The minimum atomic E-state index is 0.452. The molecule has 0 N–H and O–H groups in total. The van der Waals surface area contributed by atoms with Crippen LogP contribution in [0.15, 0.2) is 0 Å². The third-order valence-electron chi connectivity index (χ3n) is 8.80. The van der Waals surface area contributed by atoms with Gasteiger partial charge in [0.2, 0.25) is 0 Å². The predicted molar refractivity (Wildman–Crippen MR) is 92.2 cm³/mol. The van der Waals surface area contributed by atoms with Gasteiger partial charge in [0.05, 0.1) is 6.10 Å². The van der Waals surface area contributed by atoms with E-state index in [1.165, 1.54) is 57.8 Å². The van der Waals surface area contributed by atoms with Crippen LogP contribution in [0.4, 0.5) is 0 Å². The van der Waals surface area contributed by atoms with Crippen molar-refractivity contribution in [2.75, 3.05) is 7.11 Å². The summed E-state index contributed by atoms with van der Waals surface area (Å²) in [6.45, 7) is 5.17. The van der Waals surface area contributed by atoms with Crippen molar-refractivity contribution in [3.63, 3.8) is 0 Å². The normalized spacial score (nSPS) is 57.8. The van der Waals surface area contributed by atoms with Crippen molar-refractivity contribution >= 4 is 11.6 Å². The zero-order valence-corrected chi connectivity index (χ0v) is 15.4. The summed E-state index contributed by atoms with van der Waals surface area (Å²) in [5.41, 5.74) is 1.05. The first kappa shape index (κ1) is 15.8. The first-order chi connectivity index (χ1) is 10.5. The summed E-state index contributed by atoms with van der Waals surface area (Å²) in [7, 11) is 1.93. The Bertz CT molecular complexity index is 437. The fourth-order valence-corrected chi connectivity index (χ4v) is 7.87. The molecule has 4 fully saturated rings. The van der Waals surface area contributed by atoms with Gasteiger partial charge in [-0.2, -0.15) is 0 Å². The van der Waals surface area contributed by atoms with E-state index in [1.54, 1.807) is 0 Å². The molecule has 0 radical (unpaired) electrons. The summed E-state index contributed by atoms with van der Waals surface area (Å²) >= 11 is 6.51. The molecular formula is C20H33ClO. The van der Waals surface area contributed by atoms with Crippen LogP contribution in [0.5, 0.6) is 0 Å². The lowest BCUT2D eigenvalue weighted by Gasteiger charge is -2.60. The molecule has 1 nitrogen and oxygen atoms in total. The molecule has 0 aliphatic heterocycles. The Hall–Kier alpha value is 0.250. The molecule has 4 saturated carbocycles. The standard InChI is InChI=1S/C20H33ClO/c1-19-10-8-14(21)12-13(19)4-5-15-16-6-7-18(22-3)20(16,2)11-9-17(15)19/h13-18H,4-12H2,1-3H3/t13-,14-,15-,16-,17-,18-,19-,20-/m0/s1. The second-order valence-corrected chi connectivity index (χ2v) is 9.99. The van der Waals surface area contributed by atoms with Gasteiger partial charge >= 0.3 is 0 Å². The Labute approximate surface area is 141 Å². The van der Waals surface area contributed by atoms with E-state index in [9.17, 15) is 0 Å². The van der Waals surface area contributed by atoms with Gasteiger partial charge in [0.25, 0.3) is 0 Å². The maximum atomic E-state index is 6.51. The fraction of sp³-hybridized carbons (Fsp3) is 1.00. The van der Waals surface area contributed by atoms with Crippen molar-refractivity contribution in [2.24, 2.45) is 34.5 Å². The van der Waals surface area contributed by atoms with Crippen LogP contribution in [-0.4, -0.2) is 18.6 Å². The van der Waals surface area contributed by atoms with Crippen LogP contribution in [-0.2, 0) is 4.74 Å². The largest absolute Gasteiger partial charge is 0.381 e. The molecule has 0 aromatic rings. The number of halogens is 1. The second kappa shape index (κ2) is 5.38. The van der Waals surface area contributed by atoms with E-state index in [0.29, 0.717) is 22.3 Å². The summed E-state index contributed by atoms with van der Waals surface area (Å²) in [5.74, 6) is 3.74. The van der Waals surface area contributed by atoms with Crippen LogP contribution in [0, 0.1) is 34.5 Å². The summed E-state index contributed by atoms with van der Waals surface area (Å²) in [6, 6.07) is 0. The van der Waals surface area contributed by atoms with Gasteiger partial charge in [-0.1, -0.05) is 13.8 Å². The van der Waals surface area contributed by atoms with Gasteiger partial charge in [-0.15, -0.1) is 11.6 Å². The maximum Gasteiger partial charge on any atom is 0.0627 e. The van der Waals surface area contributed by atoms with Gasteiger partial charge < -0.3 is 4.74 Å². The lowest BCUT2D eigenvalue weighted by molar-refractivity contribution is -0.125. The molecule has 126 valence electrons. The van der Waals surface area contributed by atoms with Gasteiger partial charge in [-0.3, -0.25) is 0 Å². The van der Waals surface area contributed by atoms with Crippen molar-refractivity contribution < 1.29 is 4.74 Å². The number of ether oxygens (including phenoxy) is 1. The highest BCUT2D eigenvalue weighted by Gasteiger charge is 2.60. The minimum Gasteiger partial charge on any atom is -0.381 e. The van der Waals surface area contributed by atoms with Crippen LogP contribution in [0.1, 0.15) is 71.6 Å². The van der Waals surface area contributed by atoms with Gasteiger partial charge in [-0.05, 0) is 92.3 Å². The van der Waals surface area contributed by atoms with E-state index < -0.39 is 0 Å². The van der Waals surface area contributed by atoms with Crippen LogP contribution >= 0.6 is 11.6 Å². The zero-order valence-electron chi connectivity index (χ0n) is 14.6. The first-order valence-electron chi connectivity index (χ1n) is 9.66. The molecule has 0 amide bonds. The Morgan fingerprint density at radius 3 is 2.36 bits per heavy atom. The Morgan fingerprint density at radius 1 is 0.864 bits per heavy atom. The Morgan fingerprint density at radius 2 is 1.59 bits per heavy atom. The van der Waals surface area contributed by atoms with Gasteiger partial charge in [0.15, 0.2) is 0 Å². The minimum absolute atomic E-state index is 0.452. The number of methoxy groups -OCH3 is 1. The van der Waals surface area contributed by atoms with Crippen LogP contribution in [0.2, 0.25) is 0 Å². The van der Waals surface area contributed by atoms with E-state index in [2.05, 4.69) is 13.8 Å². The van der Waals surface area contributed by atoms with Crippen molar-refractivity contribution in [1.29, 1.82) is 0 Å². The number of alkyl halides is 1. The third-order valence-corrected chi connectivity index (χ3v) is 9.20. The SMILES string of the molecule is CO[C@H]1CC[C@H]2[C@@H]3CC[C@H]4C[C@@H](Cl)CC[C@]4(C)[C@H]3CC[C@]12C. The number of fused-ring (bicyclic) bond motifs is 5. The molecule has 4 rings (SSSR count). The molecule has 0 aromatic carbocycles. The molecule has 0 unspecified atom stereocenters. The number of hydrogen-bond acceptors (Lipinski definition) is 1. The van der Waals surface area contributed by atoms with Crippen LogP contribution in [0.25, 0.3) is 0 Å². The molecule has 2 heteroatoms. The summed E-state index contributed by atoms with van der Waals surface area (Å²) in [6.07, 6.45) is 12.9. The monoisotopic (exact) mass is 324 g/mol. The lowest BCUT2D eigenvalue weighted by Crippen LogP contribution is -2.54. The molecule has 0 bridgehead atoms. The Kier molecular flexibility index (Phi) is 3.85. The number of rotatable bonds is 1. The highest BCUT2D eigenvalue weighted by atomic mass is 35.5. The fourth-order valence-electron chi connectivity index (χ4n) is 7.54. The molecule has 8 atom stereocenters. The molecule has 4 aliphatic carbocycles. The molecule has 22 heavy (non-hydrogen) atoms. The topological polar surface area (TPSA) is 9.23 Å². The van der Waals surface area contributed by atoms with Crippen LogP contribution < -0.4 is 0 Å². The van der Waals surface area contributed by atoms with Crippen molar-refractivity contribution in [2.45, 2.75) is 83.1 Å². The zero-order chi connectivity index (χ0) is 15.5. The number of hydrogen-bond donors (Lipinski definition) is 0. The van der Waals surface area contributed by atoms with E-state index in [-0.39, 0.29) is 0 Å². The van der Waals surface area contributed by atoms with E-state index in [1.807, 2.05) is 7.11 Å². The van der Waals surface area contributed by atoms with Gasteiger partial charge in [0, 0.05) is 12.5 Å². The predicted octanol–water partition coefficient (Wildman–Crippen LogP) is 5.65.